The first-order chi connectivity index (χ1) is 6.63. The van der Waals surface area contributed by atoms with Gasteiger partial charge in [0.25, 0.3) is 0 Å². The maximum Gasteiger partial charge on any atom is 0.141 e. The normalized spacial score (nSPS) is 9.93. The third-order valence-electron chi connectivity index (χ3n) is 1.83. The lowest BCUT2D eigenvalue weighted by molar-refractivity contribution is 0.347. The first kappa shape index (κ1) is 11.2. The topological polar surface area (TPSA) is 9.23 Å². The molecule has 3 heteroatoms. The Labute approximate surface area is 91.7 Å². The largest absolute Gasteiger partial charge is 0.489 e. The van der Waals surface area contributed by atoms with E-state index in [-0.39, 0.29) is 5.82 Å². The molecule has 0 unspecified atom stereocenters. The van der Waals surface area contributed by atoms with Gasteiger partial charge in [0, 0.05) is 6.07 Å². The third-order valence-corrected chi connectivity index (χ3v) is 2.48. The predicted molar refractivity (Wildman–Crippen MR) is 59.0 cm³/mol. The van der Waals surface area contributed by atoms with E-state index >= 15 is 0 Å². The summed E-state index contributed by atoms with van der Waals surface area (Å²) in [5, 5.41) is 0. The second kappa shape index (κ2) is 5.15. The minimum absolute atomic E-state index is 0.315. The molecule has 1 rings (SSSR count). The maximum absolute atomic E-state index is 13.0. The lowest BCUT2D eigenvalue weighted by atomic mass is 10.2. The van der Waals surface area contributed by atoms with Gasteiger partial charge in [0.2, 0.25) is 0 Å². The molecular weight excluding hydrogens is 247 g/mol. The number of halogens is 2. The van der Waals surface area contributed by atoms with Crippen molar-refractivity contribution in [3.05, 3.63) is 40.6 Å². The van der Waals surface area contributed by atoms with Crippen molar-refractivity contribution in [1.29, 1.82) is 0 Å². The fourth-order valence-corrected chi connectivity index (χ4v) is 1.10. The number of rotatable bonds is 4. The van der Waals surface area contributed by atoms with Crippen LogP contribution in [-0.4, -0.2) is 6.61 Å². The molecule has 0 spiro atoms. The van der Waals surface area contributed by atoms with Crippen molar-refractivity contribution in [2.24, 2.45) is 0 Å². The maximum atomic E-state index is 13.0. The summed E-state index contributed by atoms with van der Waals surface area (Å²) in [7, 11) is 0. The van der Waals surface area contributed by atoms with Gasteiger partial charge in [-0.15, -0.1) is 0 Å². The van der Waals surface area contributed by atoms with Crippen LogP contribution < -0.4 is 4.74 Å². The van der Waals surface area contributed by atoms with Crippen molar-refractivity contribution in [3.8, 4) is 5.75 Å². The van der Waals surface area contributed by atoms with Crippen molar-refractivity contribution in [2.45, 2.75) is 13.3 Å². The van der Waals surface area contributed by atoms with Crippen LogP contribution in [0.1, 0.15) is 13.3 Å². The van der Waals surface area contributed by atoms with Crippen molar-refractivity contribution in [2.75, 3.05) is 6.61 Å². The number of ether oxygens (including phenoxy) is 1. The molecule has 0 amide bonds. The van der Waals surface area contributed by atoms with Gasteiger partial charge >= 0.3 is 0 Å². The van der Waals surface area contributed by atoms with Gasteiger partial charge in [-0.2, -0.15) is 0 Å². The van der Waals surface area contributed by atoms with Crippen LogP contribution in [0.15, 0.2) is 34.8 Å². The van der Waals surface area contributed by atoms with Gasteiger partial charge in [-0.3, -0.25) is 0 Å². The van der Waals surface area contributed by atoms with E-state index in [0.29, 0.717) is 16.8 Å². The fourth-order valence-electron chi connectivity index (χ4n) is 0.854. The van der Waals surface area contributed by atoms with Gasteiger partial charge in [0.15, 0.2) is 0 Å². The first-order valence-electron chi connectivity index (χ1n) is 4.38. The minimum Gasteiger partial charge on any atom is -0.489 e. The van der Waals surface area contributed by atoms with E-state index in [0.717, 1.165) is 12.0 Å². The molecule has 0 aliphatic carbocycles. The lowest BCUT2D eigenvalue weighted by Crippen LogP contribution is -1.99. The molecule has 0 saturated heterocycles. The van der Waals surface area contributed by atoms with Crippen LogP contribution in [0.5, 0.6) is 5.75 Å². The Morgan fingerprint density at radius 1 is 1.57 bits per heavy atom. The molecule has 76 valence electrons. The minimum atomic E-state index is -0.315. The van der Waals surface area contributed by atoms with E-state index in [4.69, 9.17) is 4.74 Å². The van der Waals surface area contributed by atoms with E-state index in [9.17, 15) is 4.39 Å². The van der Waals surface area contributed by atoms with E-state index in [1.54, 1.807) is 12.1 Å². The summed E-state index contributed by atoms with van der Waals surface area (Å²) in [6.07, 6.45) is 0.874. The third kappa shape index (κ3) is 3.14. The quantitative estimate of drug-likeness (QED) is 0.744. The summed E-state index contributed by atoms with van der Waals surface area (Å²) in [5.74, 6) is 0.213. The summed E-state index contributed by atoms with van der Waals surface area (Å²) in [5.41, 5.74) is 0.994. The molecular formula is C11H12BrFO. The van der Waals surface area contributed by atoms with E-state index in [2.05, 4.69) is 22.5 Å². The molecule has 0 fully saturated rings. The molecule has 1 aromatic carbocycles. The second-order valence-electron chi connectivity index (χ2n) is 2.97. The smallest absolute Gasteiger partial charge is 0.141 e. The summed E-state index contributed by atoms with van der Waals surface area (Å²) in [4.78, 5) is 0. The Kier molecular flexibility index (Phi) is 4.14. The van der Waals surface area contributed by atoms with Gasteiger partial charge in [0.05, 0.1) is 4.47 Å². The summed E-state index contributed by atoms with van der Waals surface area (Å²) >= 11 is 3.07. The number of benzene rings is 1. The Balaban J connectivity index is 2.60. The summed E-state index contributed by atoms with van der Waals surface area (Å²) in [6, 6.07) is 4.70. The molecule has 0 N–H and O–H groups in total. The molecule has 0 atom stereocenters. The van der Waals surface area contributed by atoms with Crippen LogP contribution in [0.2, 0.25) is 0 Å². The highest BCUT2D eigenvalue weighted by atomic mass is 79.9. The van der Waals surface area contributed by atoms with Gasteiger partial charge in [-0.1, -0.05) is 13.5 Å². The average molecular weight is 259 g/mol. The Morgan fingerprint density at radius 2 is 2.29 bits per heavy atom. The standard InChI is InChI=1S/C11H12BrFO/c1-3-8(2)7-14-9-4-5-10(12)11(13)6-9/h4-6H,2-3,7H2,1H3. The van der Waals surface area contributed by atoms with Crippen molar-refractivity contribution in [3.63, 3.8) is 0 Å². The highest BCUT2D eigenvalue weighted by Gasteiger charge is 2.01. The van der Waals surface area contributed by atoms with Crippen LogP contribution in [0.25, 0.3) is 0 Å². The van der Waals surface area contributed by atoms with Crippen LogP contribution in [0, 0.1) is 5.82 Å². The molecule has 0 heterocycles. The highest BCUT2D eigenvalue weighted by molar-refractivity contribution is 9.10. The summed E-state index contributed by atoms with van der Waals surface area (Å²) < 4.78 is 18.8. The molecule has 1 aromatic rings. The van der Waals surface area contributed by atoms with E-state index < -0.39 is 0 Å². The van der Waals surface area contributed by atoms with E-state index in [1.165, 1.54) is 6.07 Å². The number of hydrogen-bond donors (Lipinski definition) is 0. The summed E-state index contributed by atoms with van der Waals surface area (Å²) in [6.45, 7) is 6.25. The molecule has 0 bridgehead atoms. The molecule has 0 aliphatic rings. The predicted octanol–water partition coefficient (Wildman–Crippen LogP) is 3.93. The SMILES string of the molecule is C=C(CC)COc1ccc(Br)c(F)c1. The van der Waals surface area contributed by atoms with Crippen LogP contribution in [-0.2, 0) is 0 Å². The zero-order chi connectivity index (χ0) is 10.6. The first-order valence-corrected chi connectivity index (χ1v) is 5.17. The average Bonchev–Trinajstić information content (AvgIpc) is 2.19. The molecule has 1 nitrogen and oxygen atoms in total. The fraction of sp³-hybridized carbons (Fsp3) is 0.273. The zero-order valence-corrected chi connectivity index (χ0v) is 9.60. The molecule has 0 aliphatic heterocycles. The van der Waals surface area contributed by atoms with E-state index in [1.807, 2.05) is 6.92 Å². The number of hydrogen-bond acceptors (Lipinski definition) is 1. The van der Waals surface area contributed by atoms with Crippen LogP contribution in [0.3, 0.4) is 0 Å². The zero-order valence-electron chi connectivity index (χ0n) is 8.02. The molecule has 0 radical (unpaired) electrons. The Morgan fingerprint density at radius 3 is 2.86 bits per heavy atom. The van der Waals surface area contributed by atoms with Crippen molar-refractivity contribution < 1.29 is 9.13 Å². The Hall–Kier alpha value is -0.830. The van der Waals surface area contributed by atoms with Gasteiger partial charge < -0.3 is 4.74 Å². The van der Waals surface area contributed by atoms with Gasteiger partial charge in [-0.05, 0) is 40.1 Å². The van der Waals surface area contributed by atoms with Crippen molar-refractivity contribution >= 4 is 15.9 Å². The highest BCUT2D eigenvalue weighted by Crippen LogP contribution is 2.21. The lowest BCUT2D eigenvalue weighted by Gasteiger charge is -2.07. The van der Waals surface area contributed by atoms with Crippen molar-refractivity contribution in [1.82, 2.24) is 0 Å². The van der Waals surface area contributed by atoms with Gasteiger partial charge in [0.1, 0.15) is 18.2 Å². The molecule has 0 saturated carbocycles. The monoisotopic (exact) mass is 258 g/mol. The van der Waals surface area contributed by atoms with Gasteiger partial charge in [-0.25, -0.2) is 4.39 Å². The molecule has 0 aromatic heterocycles. The Bertz CT molecular complexity index is 336. The van der Waals surface area contributed by atoms with Crippen LogP contribution in [0.4, 0.5) is 4.39 Å². The van der Waals surface area contributed by atoms with Crippen LogP contribution >= 0.6 is 15.9 Å². The molecule has 14 heavy (non-hydrogen) atoms. The second-order valence-corrected chi connectivity index (χ2v) is 3.82.